The molecule has 0 aromatic heterocycles. The highest BCUT2D eigenvalue weighted by atomic mass is 35.5. The number of nitrogens with zero attached hydrogens (tertiary/aromatic N) is 2. The number of ether oxygens (including phenoxy) is 1. The zero-order valence-corrected chi connectivity index (χ0v) is 14.6. The molecule has 2 fully saturated rings. The van der Waals surface area contributed by atoms with Crippen molar-refractivity contribution >= 4 is 11.6 Å². The van der Waals surface area contributed by atoms with Crippen molar-refractivity contribution in [3.63, 3.8) is 0 Å². The Morgan fingerprint density at radius 2 is 2.04 bits per heavy atom. The van der Waals surface area contributed by atoms with Crippen LogP contribution in [0.4, 0.5) is 4.39 Å². The maximum Gasteiger partial charge on any atom is 0.129 e. The maximum absolute atomic E-state index is 14.0. The second kappa shape index (κ2) is 7.47. The van der Waals surface area contributed by atoms with E-state index < -0.39 is 0 Å². The van der Waals surface area contributed by atoms with Crippen LogP contribution in [0.1, 0.15) is 24.8 Å². The minimum Gasteiger partial charge on any atom is -0.383 e. The molecule has 0 amide bonds. The van der Waals surface area contributed by atoms with Gasteiger partial charge in [-0.3, -0.25) is 4.90 Å². The molecule has 0 saturated carbocycles. The first-order valence-corrected chi connectivity index (χ1v) is 8.86. The van der Waals surface area contributed by atoms with Crippen molar-refractivity contribution < 1.29 is 9.13 Å². The SMILES string of the molecule is COCCN1CCC[C@@]2(CCN(Cc3c(F)cccc3Cl)C2)C1. The number of methoxy groups -OCH3 is 1. The second-order valence-electron chi connectivity index (χ2n) is 7.03. The molecule has 23 heavy (non-hydrogen) atoms. The molecule has 0 radical (unpaired) electrons. The van der Waals surface area contributed by atoms with Gasteiger partial charge < -0.3 is 9.64 Å². The number of rotatable bonds is 5. The minimum atomic E-state index is -0.191. The molecule has 2 heterocycles. The van der Waals surface area contributed by atoms with Gasteiger partial charge in [-0.05, 0) is 49.9 Å². The summed E-state index contributed by atoms with van der Waals surface area (Å²) in [6.45, 7) is 6.80. The third-order valence-corrected chi connectivity index (χ3v) is 5.67. The average molecular weight is 341 g/mol. The molecular weight excluding hydrogens is 315 g/mol. The number of hydrogen-bond donors (Lipinski definition) is 0. The van der Waals surface area contributed by atoms with Crippen LogP contribution in [0.5, 0.6) is 0 Å². The Morgan fingerprint density at radius 1 is 1.22 bits per heavy atom. The van der Waals surface area contributed by atoms with Crippen molar-refractivity contribution in [2.24, 2.45) is 5.41 Å². The summed E-state index contributed by atoms with van der Waals surface area (Å²) in [6, 6.07) is 4.94. The third kappa shape index (κ3) is 4.05. The fraction of sp³-hybridized carbons (Fsp3) is 0.667. The molecule has 3 rings (SSSR count). The van der Waals surface area contributed by atoms with Gasteiger partial charge in [0.25, 0.3) is 0 Å². The Bertz CT molecular complexity index is 522. The van der Waals surface area contributed by atoms with Crippen molar-refractivity contribution in [2.75, 3.05) is 46.4 Å². The number of benzene rings is 1. The molecule has 0 N–H and O–H groups in total. The number of halogens is 2. The Hall–Kier alpha value is -0.680. The first-order valence-electron chi connectivity index (χ1n) is 8.48. The van der Waals surface area contributed by atoms with Crippen LogP contribution in [-0.4, -0.2) is 56.2 Å². The molecule has 0 bridgehead atoms. The summed E-state index contributed by atoms with van der Waals surface area (Å²) in [6.07, 6.45) is 3.72. The van der Waals surface area contributed by atoms with Gasteiger partial charge >= 0.3 is 0 Å². The van der Waals surface area contributed by atoms with Crippen molar-refractivity contribution in [1.82, 2.24) is 9.80 Å². The summed E-state index contributed by atoms with van der Waals surface area (Å²) in [5, 5.41) is 0.538. The first kappa shape index (κ1) is 17.2. The Morgan fingerprint density at radius 3 is 2.83 bits per heavy atom. The Balaban J connectivity index is 1.61. The molecular formula is C18H26ClFN2O. The van der Waals surface area contributed by atoms with E-state index in [1.54, 1.807) is 19.2 Å². The molecule has 0 unspecified atom stereocenters. The van der Waals surface area contributed by atoms with Gasteiger partial charge in [-0.15, -0.1) is 0 Å². The van der Waals surface area contributed by atoms with Crippen LogP contribution in [0.25, 0.3) is 0 Å². The summed E-state index contributed by atoms with van der Waals surface area (Å²) in [7, 11) is 1.76. The number of hydrogen-bond acceptors (Lipinski definition) is 3. The highest BCUT2D eigenvalue weighted by Gasteiger charge is 2.41. The lowest BCUT2D eigenvalue weighted by Crippen LogP contribution is -2.45. The summed E-state index contributed by atoms with van der Waals surface area (Å²) in [4.78, 5) is 4.89. The van der Waals surface area contributed by atoms with E-state index in [2.05, 4.69) is 9.80 Å². The number of likely N-dealkylation sites (tertiary alicyclic amines) is 2. The van der Waals surface area contributed by atoms with Gasteiger partial charge in [-0.1, -0.05) is 17.7 Å². The zero-order chi connectivity index (χ0) is 16.3. The summed E-state index contributed by atoms with van der Waals surface area (Å²) in [5.41, 5.74) is 1.00. The topological polar surface area (TPSA) is 15.7 Å². The van der Waals surface area contributed by atoms with E-state index in [1.165, 1.54) is 31.9 Å². The van der Waals surface area contributed by atoms with Gasteiger partial charge in [-0.25, -0.2) is 4.39 Å². The second-order valence-corrected chi connectivity index (χ2v) is 7.44. The van der Waals surface area contributed by atoms with Gasteiger partial charge in [0.05, 0.1) is 6.61 Å². The van der Waals surface area contributed by atoms with E-state index in [4.69, 9.17) is 16.3 Å². The van der Waals surface area contributed by atoms with Crippen molar-refractivity contribution in [3.8, 4) is 0 Å². The van der Waals surface area contributed by atoms with E-state index in [-0.39, 0.29) is 5.82 Å². The van der Waals surface area contributed by atoms with E-state index in [9.17, 15) is 4.39 Å². The Kier molecular flexibility index (Phi) is 5.57. The fourth-order valence-electron chi connectivity index (χ4n) is 4.12. The minimum absolute atomic E-state index is 0.191. The van der Waals surface area contributed by atoms with Crippen LogP contribution in [-0.2, 0) is 11.3 Å². The van der Waals surface area contributed by atoms with Crippen LogP contribution in [0, 0.1) is 11.2 Å². The third-order valence-electron chi connectivity index (χ3n) is 5.31. The van der Waals surface area contributed by atoms with E-state index in [1.807, 2.05) is 0 Å². The summed E-state index contributed by atoms with van der Waals surface area (Å²) in [5.74, 6) is -0.191. The highest BCUT2D eigenvalue weighted by molar-refractivity contribution is 6.31. The first-order chi connectivity index (χ1) is 11.1. The zero-order valence-electron chi connectivity index (χ0n) is 13.9. The lowest BCUT2D eigenvalue weighted by molar-refractivity contribution is 0.0673. The monoisotopic (exact) mass is 340 g/mol. The van der Waals surface area contributed by atoms with Crippen LogP contribution in [0.15, 0.2) is 18.2 Å². The predicted octanol–water partition coefficient (Wildman–Crippen LogP) is 3.41. The lowest BCUT2D eigenvalue weighted by atomic mass is 9.79. The molecule has 1 aromatic rings. The fourth-order valence-corrected chi connectivity index (χ4v) is 4.35. The van der Waals surface area contributed by atoms with Gasteiger partial charge in [0.1, 0.15) is 5.82 Å². The van der Waals surface area contributed by atoms with Crippen molar-refractivity contribution in [2.45, 2.75) is 25.8 Å². The van der Waals surface area contributed by atoms with Crippen LogP contribution >= 0.6 is 11.6 Å². The van der Waals surface area contributed by atoms with Gasteiger partial charge in [0.2, 0.25) is 0 Å². The largest absolute Gasteiger partial charge is 0.383 e. The molecule has 3 nitrogen and oxygen atoms in total. The quantitative estimate of drug-likeness (QED) is 0.817. The van der Waals surface area contributed by atoms with E-state index in [0.29, 0.717) is 22.5 Å². The smallest absolute Gasteiger partial charge is 0.129 e. The van der Waals surface area contributed by atoms with Crippen LogP contribution in [0.2, 0.25) is 5.02 Å². The standard InChI is InChI=1S/C18H26ClFN2O/c1-23-11-10-21-8-3-6-18(13-21)7-9-22(14-18)12-15-16(19)4-2-5-17(15)20/h2,4-5H,3,6-14H2,1H3/t18-/m1/s1. The van der Waals surface area contributed by atoms with Crippen molar-refractivity contribution in [3.05, 3.63) is 34.6 Å². The Labute approximate surface area is 143 Å². The van der Waals surface area contributed by atoms with E-state index >= 15 is 0 Å². The maximum atomic E-state index is 14.0. The molecule has 1 spiro atoms. The molecule has 128 valence electrons. The van der Waals surface area contributed by atoms with Gasteiger partial charge in [0.15, 0.2) is 0 Å². The molecule has 2 aliphatic heterocycles. The molecule has 1 atom stereocenters. The van der Waals surface area contributed by atoms with Gasteiger partial charge in [0, 0.05) is 43.9 Å². The highest BCUT2D eigenvalue weighted by Crippen LogP contribution is 2.39. The van der Waals surface area contributed by atoms with E-state index in [0.717, 1.165) is 32.8 Å². The van der Waals surface area contributed by atoms with Gasteiger partial charge in [-0.2, -0.15) is 0 Å². The molecule has 2 aliphatic rings. The lowest BCUT2D eigenvalue weighted by Gasteiger charge is -2.40. The molecule has 2 saturated heterocycles. The summed E-state index contributed by atoms with van der Waals surface area (Å²) >= 11 is 6.18. The summed E-state index contributed by atoms with van der Waals surface area (Å²) < 4.78 is 19.2. The van der Waals surface area contributed by atoms with Crippen LogP contribution < -0.4 is 0 Å². The molecule has 5 heteroatoms. The van der Waals surface area contributed by atoms with Crippen LogP contribution in [0.3, 0.4) is 0 Å². The average Bonchev–Trinajstić information content (AvgIpc) is 2.91. The number of piperidine rings is 1. The molecule has 0 aliphatic carbocycles. The predicted molar refractivity (Wildman–Crippen MR) is 91.3 cm³/mol. The molecule has 1 aromatic carbocycles. The normalized spacial score (nSPS) is 26.2. The van der Waals surface area contributed by atoms with Crippen molar-refractivity contribution in [1.29, 1.82) is 0 Å².